The Morgan fingerprint density at radius 3 is 2.69 bits per heavy atom. The standard InChI is InChI=1S/C10H16N2O/c1-10(2,3)13-9-8(7-11)5-4-6-12-9/h4-6H,7,11H2,1-3H3. The Hall–Kier alpha value is -1.09. The van der Waals surface area contributed by atoms with Crippen LogP contribution in [0.3, 0.4) is 0 Å². The van der Waals surface area contributed by atoms with E-state index in [1.54, 1.807) is 6.20 Å². The summed E-state index contributed by atoms with van der Waals surface area (Å²) in [6.45, 7) is 6.42. The van der Waals surface area contributed by atoms with Crippen molar-refractivity contribution in [2.75, 3.05) is 0 Å². The molecule has 0 aliphatic rings. The quantitative estimate of drug-likeness (QED) is 0.753. The van der Waals surface area contributed by atoms with Crippen LogP contribution in [0, 0.1) is 0 Å². The van der Waals surface area contributed by atoms with E-state index in [0.717, 1.165) is 5.56 Å². The van der Waals surface area contributed by atoms with E-state index in [-0.39, 0.29) is 5.60 Å². The maximum atomic E-state index is 5.63. The molecule has 1 aromatic heterocycles. The van der Waals surface area contributed by atoms with Crippen LogP contribution < -0.4 is 10.5 Å². The van der Waals surface area contributed by atoms with Crippen molar-refractivity contribution in [2.24, 2.45) is 5.73 Å². The minimum absolute atomic E-state index is 0.224. The van der Waals surface area contributed by atoms with E-state index in [1.807, 2.05) is 32.9 Å². The molecule has 0 spiro atoms. The van der Waals surface area contributed by atoms with Crippen LogP contribution in [0.1, 0.15) is 26.3 Å². The molecule has 0 aliphatic heterocycles. The van der Waals surface area contributed by atoms with Gasteiger partial charge >= 0.3 is 0 Å². The third-order valence-electron chi connectivity index (χ3n) is 1.47. The van der Waals surface area contributed by atoms with Crippen LogP contribution in [0.5, 0.6) is 5.88 Å². The normalized spacial score (nSPS) is 11.4. The van der Waals surface area contributed by atoms with Crippen LogP contribution in [0.25, 0.3) is 0 Å². The van der Waals surface area contributed by atoms with Gasteiger partial charge in [0.05, 0.1) is 0 Å². The monoisotopic (exact) mass is 180 g/mol. The third-order valence-corrected chi connectivity index (χ3v) is 1.47. The number of hydrogen-bond donors (Lipinski definition) is 1. The van der Waals surface area contributed by atoms with Gasteiger partial charge in [0.15, 0.2) is 0 Å². The lowest BCUT2D eigenvalue weighted by Gasteiger charge is -2.21. The molecule has 0 amide bonds. The summed E-state index contributed by atoms with van der Waals surface area (Å²) >= 11 is 0. The Morgan fingerprint density at radius 1 is 1.46 bits per heavy atom. The van der Waals surface area contributed by atoms with Gasteiger partial charge in [0.25, 0.3) is 0 Å². The summed E-state index contributed by atoms with van der Waals surface area (Å²) in [4.78, 5) is 4.13. The van der Waals surface area contributed by atoms with Crippen LogP contribution in [-0.4, -0.2) is 10.6 Å². The number of nitrogens with two attached hydrogens (primary N) is 1. The second-order valence-corrected chi connectivity index (χ2v) is 3.89. The molecule has 72 valence electrons. The van der Waals surface area contributed by atoms with Crippen molar-refractivity contribution in [1.82, 2.24) is 4.98 Å². The second kappa shape index (κ2) is 3.75. The van der Waals surface area contributed by atoms with Gasteiger partial charge in [-0.25, -0.2) is 4.98 Å². The number of pyridine rings is 1. The fourth-order valence-electron chi connectivity index (χ4n) is 0.961. The first-order valence-electron chi connectivity index (χ1n) is 4.36. The lowest BCUT2D eigenvalue weighted by Crippen LogP contribution is -2.24. The molecule has 0 unspecified atom stereocenters. The summed E-state index contributed by atoms with van der Waals surface area (Å²) in [6.07, 6.45) is 1.71. The van der Waals surface area contributed by atoms with Gasteiger partial charge in [-0.2, -0.15) is 0 Å². The second-order valence-electron chi connectivity index (χ2n) is 3.89. The third kappa shape index (κ3) is 3.03. The summed E-state index contributed by atoms with van der Waals surface area (Å²) < 4.78 is 5.63. The Labute approximate surface area is 78.9 Å². The highest BCUT2D eigenvalue weighted by Crippen LogP contribution is 2.19. The average molecular weight is 180 g/mol. The maximum Gasteiger partial charge on any atom is 0.218 e. The molecule has 2 N–H and O–H groups in total. The lowest BCUT2D eigenvalue weighted by molar-refractivity contribution is 0.122. The molecule has 3 heteroatoms. The highest BCUT2D eigenvalue weighted by molar-refractivity contribution is 5.25. The zero-order valence-electron chi connectivity index (χ0n) is 8.37. The number of nitrogens with zero attached hydrogens (tertiary/aromatic N) is 1. The van der Waals surface area contributed by atoms with Crippen LogP contribution >= 0.6 is 0 Å². The number of aromatic nitrogens is 1. The summed E-state index contributed by atoms with van der Waals surface area (Å²) in [5, 5.41) is 0. The first-order valence-corrected chi connectivity index (χ1v) is 4.36. The van der Waals surface area contributed by atoms with Gasteiger partial charge in [0, 0.05) is 18.3 Å². The average Bonchev–Trinajstić information content (AvgIpc) is 2.02. The van der Waals surface area contributed by atoms with E-state index >= 15 is 0 Å². The summed E-state index contributed by atoms with van der Waals surface area (Å²) in [5.41, 5.74) is 6.27. The summed E-state index contributed by atoms with van der Waals surface area (Å²) in [6, 6.07) is 3.78. The fraction of sp³-hybridized carbons (Fsp3) is 0.500. The first kappa shape index (κ1) is 9.99. The fourth-order valence-corrected chi connectivity index (χ4v) is 0.961. The number of hydrogen-bond acceptors (Lipinski definition) is 3. The largest absolute Gasteiger partial charge is 0.472 e. The van der Waals surface area contributed by atoms with E-state index in [2.05, 4.69) is 4.98 Å². The van der Waals surface area contributed by atoms with Crippen molar-refractivity contribution >= 4 is 0 Å². The van der Waals surface area contributed by atoms with E-state index in [4.69, 9.17) is 10.5 Å². The van der Waals surface area contributed by atoms with Gasteiger partial charge < -0.3 is 10.5 Å². The van der Waals surface area contributed by atoms with Crippen LogP contribution in [0.4, 0.5) is 0 Å². The minimum Gasteiger partial charge on any atom is -0.472 e. The highest BCUT2D eigenvalue weighted by atomic mass is 16.5. The van der Waals surface area contributed by atoms with Crippen LogP contribution in [0.15, 0.2) is 18.3 Å². The summed E-state index contributed by atoms with van der Waals surface area (Å²) in [7, 11) is 0. The SMILES string of the molecule is CC(C)(C)Oc1ncccc1CN. The zero-order valence-corrected chi connectivity index (χ0v) is 8.37. The maximum absolute atomic E-state index is 5.63. The van der Waals surface area contributed by atoms with E-state index in [1.165, 1.54) is 0 Å². The molecule has 0 atom stereocenters. The molecule has 3 nitrogen and oxygen atoms in total. The Bertz CT molecular complexity index is 278. The topological polar surface area (TPSA) is 48.1 Å². The molecule has 0 saturated carbocycles. The van der Waals surface area contributed by atoms with Crippen molar-refractivity contribution in [3.05, 3.63) is 23.9 Å². The van der Waals surface area contributed by atoms with Crippen molar-refractivity contribution in [1.29, 1.82) is 0 Å². The van der Waals surface area contributed by atoms with Crippen LogP contribution in [0.2, 0.25) is 0 Å². The molecule has 0 saturated heterocycles. The van der Waals surface area contributed by atoms with Crippen molar-refractivity contribution in [3.63, 3.8) is 0 Å². The molecule has 1 aromatic rings. The van der Waals surface area contributed by atoms with E-state index < -0.39 is 0 Å². The van der Waals surface area contributed by atoms with Crippen molar-refractivity contribution in [2.45, 2.75) is 32.9 Å². The Morgan fingerprint density at radius 2 is 2.15 bits per heavy atom. The highest BCUT2D eigenvalue weighted by Gasteiger charge is 2.14. The van der Waals surface area contributed by atoms with E-state index in [0.29, 0.717) is 12.4 Å². The van der Waals surface area contributed by atoms with Gasteiger partial charge in [-0.1, -0.05) is 6.07 Å². The lowest BCUT2D eigenvalue weighted by atomic mass is 10.2. The molecule has 1 heterocycles. The molecule has 1 rings (SSSR count). The first-order chi connectivity index (χ1) is 6.03. The number of rotatable bonds is 2. The van der Waals surface area contributed by atoms with Gasteiger partial charge in [0.1, 0.15) is 5.60 Å². The molecule has 0 radical (unpaired) electrons. The van der Waals surface area contributed by atoms with Crippen molar-refractivity contribution < 1.29 is 4.74 Å². The van der Waals surface area contributed by atoms with E-state index in [9.17, 15) is 0 Å². The molecule has 13 heavy (non-hydrogen) atoms. The minimum atomic E-state index is -0.224. The number of ether oxygens (including phenoxy) is 1. The van der Waals surface area contributed by atoms with Gasteiger partial charge in [-0.05, 0) is 26.8 Å². The molecule has 0 fully saturated rings. The predicted octanol–water partition coefficient (Wildman–Crippen LogP) is 1.72. The Kier molecular flexibility index (Phi) is 2.88. The van der Waals surface area contributed by atoms with Crippen LogP contribution in [-0.2, 0) is 6.54 Å². The van der Waals surface area contributed by atoms with Gasteiger partial charge in [-0.15, -0.1) is 0 Å². The molecular formula is C10H16N2O. The molecule has 0 aromatic carbocycles. The summed E-state index contributed by atoms with van der Waals surface area (Å²) in [5.74, 6) is 0.637. The molecule has 0 aliphatic carbocycles. The zero-order chi connectivity index (χ0) is 9.90. The smallest absolute Gasteiger partial charge is 0.218 e. The molecular weight excluding hydrogens is 164 g/mol. The van der Waals surface area contributed by atoms with Crippen molar-refractivity contribution in [3.8, 4) is 5.88 Å². The molecule has 0 bridgehead atoms. The van der Waals surface area contributed by atoms with Gasteiger partial charge in [0.2, 0.25) is 5.88 Å². The van der Waals surface area contributed by atoms with Gasteiger partial charge in [-0.3, -0.25) is 0 Å². The predicted molar refractivity (Wildman–Crippen MR) is 52.5 cm³/mol. The Balaban J connectivity index is 2.87.